The predicted molar refractivity (Wildman–Crippen MR) is 59.9 cm³/mol. The number of carbonyl (C=O) groups excluding carboxylic acids is 1. The maximum atomic E-state index is 12.0. The fraction of sp³-hybridized carbons (Fsp3) is 0.818. The Kier molecular flexibility index (Phi) is 6.72. The highest BCUT2D eigenvalue weighted by Gasteiger charge is 2.23. The summed E-state index contributed by atoms with van der Waals surface area (Å²) < 4.78 is 0. The third-order valence-corrected chi connectivity index (χ3v) is 2.50. The standard InChI is InChI=1S/C11H21N3O/c1-4-10(8-13)11(15)14(9(2)3)7-5-6-12/h9-10H,4-5,7-8,13H2,1-3H3. The highest BCUT2D eigenvalue weighted by Crippen LogP contribution is 2.10. The molecule has 0 saturated heterocycles. The van der Waals surface area contributed by atoms with Crippen LogP contribution in [0.25, 0.3) is 0 Å². The molecule has 0 aromatic heterocycles. The summed E-state index contributed by atoms with van der Waals surface area (Å²) in [5.74, 6) is -0.0312. The maximum Gasteiger partial charge on any atom is 0.227 e. The van der Waals surface area contributed by atoms with Crippen molar-refractivity contribution in [3.8, 4) is 6.07 Å². The number of carbonyl (C=O) groups is 1. The minimum absolute atomic E-state index is 0.0743. The lowest BCUT2D eigenvalue weighted by Gasteiger charge is -2.29. The van der Waals surface area contributed by atoms with E-state index in [0.29, 0.717) is 19.5 Å². The van der Waals surface area contributed by atoms with Gasteiger partial charge in [-0.05, 0) is 20.3 Å². The molecule has 0 aromatic rings. The summed E-state index contributed by atoms with van der Waals surface area (Å²) in [5.41, 5.74) is 5.54. The fourth-order valence-corrected chi connectivity index (χ4v) is 1.47. The number of nitrogens with zero attached hydrogens (tertiary/aromatic N) is 2. The Labute approximate surface area is 92.0 Å². The molecule has 0 heterocycles. The Bertz CT molecular complexity index is 228. The largest absolute Gasteiger partial charge is 0.339 e. The van der Waals surface area contributed by atoms with Gasteiger partial charge >= 0.3 is 0 Å². The van der Waals surface area contributed by atoms with Crippen LogP contribution in [0.1, 0.15) is 33.6 Å². The lowest BCUT2D eigenvalue weighted by Crippen LogP contribution is -2.43. The van der Waals surface area contributed by atoms with Gasteiger partial charge in [0.2, 0.25) is 5.91 Å². The van der Waals surface area contributed by atoms with Crippen molar-refractivity contribution in [1.82, 2.24) is 4.90 Å². The highest BCUT2D eigenvalue weighted by molar-refractivity contribution is 5.79. The van der Waals surface area contributed by atoms with Crippen LogP contribution in [0, 0.1) is 17.2 Å². The Hall–Kier alpha value is -1.08. The van der Waals surface area contributed by atoms with Crippen molar-refractivity contribution in [2.24, 2.45) is 11.7 Å². The molecule has 1 atom stereocenters. The quantitative estimate of drug-likeness (QED) is 0.715. The van der Waals surface area contributed by atoms with Crippen molar-refractivity contribution in [3.05, 3.63) is 0 Å². The van der Waals surface area contributed by atoms with Gasteiger partial charge in [-0.15, -0.1) is 0 Å². The van der Waals surface area contributed by atoms with Gasteiger partial charge < -0.3 is 10.6 Å². The zero-order chi connectivity index (χ0) is 11.8. The molecule has 0 fully saturated rings. The van der Waals surface area contributed by atoms with Crippen molar-refractivity contribution in [2.75, 3.05) is 13.1 Å². The predicted octanol–water partition coefficient (Wildman–Crippen LogP) is 1.12. The lowest BCUT2D eigenvalue weighted by atomic mass is 10.0. The van der Waals surface area contributed by atoms with Crippen LogP contribution < -0.4 is 5.73 Å². The Morgan fingerprint density at radius 1 is 1.53 bits per heavy atom. The van der Waals surface area contributed by atoms with Gasteiger partial charge in [-0.1, -0.05) is 6.92 Å². The first-order valence-electron chi connectivity index (χ1n) is 5.45. The Morgan fingerprint density at radius 3 is 2.47 bits per heavy atom. The van der Waals surface area contributed by atoms with Crippen LogP contribution in [0.2, 0.25) is 0 Å². The van der Waals surface area contributed by atoms with Crippen LogP contribution in [-0.4, -0.2) is 29.9 Å². The minimum atomic E-state index is -0.105. The van der Waals surface area contributed by atoms with Crippen molar-refractivity contribution in [1.29, 1.82) is 5.26 Å². The summed E-state index contributed by atoms with van der Waals surface area (Å²) in [7, 11) is 0. The minimum Gasteiger partial charge on any atom is -0.339 e. The molecule has 0 bridgehead atoms. The van der Waals surface area contributed by atoms with Gasteiger partial charge in [0.1, 0.15) is 0 Å². The van der Waals surface area contributed by atoms with E-state index in [1.165, 1.54) is 0 Å². The summed E-state index contributed by atoms with van der Waals surface area (Å²) in [6.07, 6.45) is 1.13. The zero-order valence-electron chi connectivity index (χ0n) is 9.86. The molecular formula is C11H21N3O. The molecule has 0 saturated carbocycles. The Balaban J connectivity index is 4.47. The number of hydrogen-bond acceptors (Lipinski definition) is 3. The van der Waals surface area contributed by atoms with Gasteiger partial charge in [0.25, 0.3) is 0 Å². The topological polar surface area (TPSA) is 70.1 Å². The van der Waals surface area contributed by atoms with E-state index in [9.17, 15) is 4.79 Å². The average Bonchev–Trinajstić information content (AvgIpc) is 2.19. The Morgan fingerprint density at radius 2 is 2.13 bits per heavy atom. The second-order valence-electron chi connectivity index (χ2n) is 3.87. The highest BCUT2D eigenvalue weighted by atomic mass is 16.2. The van der Waals surface area contributed by atoms with Crippen molar-refractivity contribution < 1.29 is 4.79 Å². The fourth-order valence-electron chi connectivity index (χ4n) is 1.47. The summed E-state index contributed by atoms with van der Waals surface area (Å²) >= 11 is 0. The lowest BCUT2D eigenvalue weighted by molar-refractivity contribution is -0.137. The smallest absolute Gasteiger partial charge is 0.227 e. The molecule has 0 aliphatic heterocycles. The van der Waals surface area contributed by atoms with E-state index in [1.807, 2.05) is 20.8 Å². The third kappa shape index (κ3) is 4.30. The molecule has 15 heavy (non-hydrogen) atoms. The molecule has 0 rings (SSSR count). The van der Waals surface area contributed by atoms with Crippen molar-refractivity contribution in [3.63, 3.8) is 0 Å². The van der Waals surface area contributed by atoms with Crippen LogP contribution in [0.4, 0.5) is 0 Å². The van der Waals surface area contributed by atoms with E-state index in [0.717, 1.165) is 6.42 Å². The summed E-state index contributed by atoms with van der Waals surface area (Å²) in [6.45, 7) is 6.75. The second kappa shape index (κ2) is 7.24. The van der Waals surface area contributed by atoms with Gasteiger partial charge in [0.15, 0.2) is 0 Å². The first-order valence-corrected chi connectivity index (χ1v) is 5.45. The normalized spacial score (nSPS) is 12.3. The van der Waals surface area contributed by atoms with E-state index in [2.05, 4.69) is 6.07 Å². The van der Waals surface area contributed by atoms with Crippen molar-refractivity contribution >= 4 is 5.91 Å². The van der Waals surface area contributed by atoms with Crippen LogP contribution in [-0.2, 0) is 4.79 Å². The van der Waals surface area contributed by atoms with E-state index < -0.39 is 0 Å². The molecule has 1 unspecified atom stereocenters. The molecule has 86 valence electrons. The number of nitrogens with two attached hydrogens (primary N) is 1. The van der Waals surface area contributed by atoms with Gasteiger partial charge in [-0.2, -0.15) is 5.26 Å². The van der Waals surface area contributed by atoms with Gasteiger partial charge in [-0.3, -0.25) is 4.79 Å². The molecule has 4 heteroatoms. The summed E-state index contributed by atoms with van der Waals surface area (Å²) in [6, 6.07) is 2.19. The van der Waals surface area contributed by atoms with Crippen LogP contribution in [0.3, 0.4) is 0 Å². The van der Waals surface area contributed by atoms with Gasteiger partial charge in [0, 0.05) is 19.1 Å². The second-order valence-corrected chi connectivity index (χ2v) is 3.87. The van der Waals surface area contributed by atoms with Crippen molar-refractivity contribution in [2.45, 2.75) is 39.7 Å². The monoisotopic (exact) mass is 211 g/mol. The molecule has 0 aliphatic rings. The molecule has 4 nitrogen and oxygen atoms in total. The zero-order valence-corrected chi connectivity index (χ0v) is 9.86. The number of amides is 1. The molecule has 1 amide bonds. The van der Waals surface area contributed by atoms with Crippen LogP contribution in [0.15, 0.2) is 0 Å². The van der Waals surface area contributed by atoms with E-state index >= 15 is 0 Å². The third-order valence-electron chi connectivity index (χ3n) is 2.50. The molecule has 0 radical (unpaired) electrons. The SMILES string of the molecule is CCC(CN)C(=O)N(CCC#N)C(C)C. The summed E-state index contributed by atoms with van der Waals surface area (Å²) in [5, 5.41) is 8.52. The first kappa shape index (κ1) is 13.9. The van der Waals surface area contributed by atoms with E-state index in [4.69, 9.17) is 11.0 Å². The summed E-state index contributed by atoms with van der Waals surface area (Å²) in [4.78, 5) is 13.7. The van der Waals surface area contributed by atoms with Gasteiger partial charge in [0.05, 0.1) is 18.4 Å². The number of rotatable bonds is 6. The first-order chi connectivity index (χ1) is 7.08. The molecule has 2 N–H and O–H groups in total. The van der Waals surface area contributed by atoms with Crippen LogP contribution in [0.5, 0.6) is 0 Å². The van der Waals surface area contributed by atoms with Crippen LogP contribution >= 0.6 is 0 Å². The molecule has 0 aliphatic carbocycles. The number of hydrogen-bond donors (Lipinski definition) is 1. The van der Waals surface area contributed by atoms with E-state index in [1.54, 1.807) is 4.90 Å². The maximum absolute atomic E-state index is 12.0. The average molecular weight is 211 g/mol. The number of nitriles is 1. The molecule has 0 spiro atoms. The molecular weight excluding hydrogens is 190 g/mol. The van der Waals surface area contributed by atoms with Gasteiger partial charge in [-0.25, -0.2) is 0 Å². The van der Waals surface area contributed by atoms with E-state index in [-0.39, 0.29) is 17.9 Å². The molecule has 0 aromatic carbocycles.